The van der Waals surface area contributed by atoms with Crippen molar-refractivity contribution in [2.45, 2.75) is 45.1 Å². The molecule has 1 aromatic heterocycles. The molecule has 1 unspecified atom stereocenters. The quantitative estimate of drug-likeness (QED) is 0.822. The Kier molecular flexibility index (Phi) is 5.40. The molecular weight excluding hydrogens is 378 g/mol. The van der Waals surface area contributed by atoms with Crippen molar-refractivity contribution in [3.8, 4) is 11.8 Å². The Morgan fingerprint density at radius 3 is 2.67 bits per heavy atom. The summed E-state index contributed by atoms with van der Waals surface area (Å²) in [4.78, 5) is 16.3. The molecule has 154 valence electrons. The molecule has 2 aliphatic rings. The topological polar surface area (TPSA) is 105 Å². The summed E-state index contributed by atoms with van der Waals surface area (Å²) in [5.41, 5.74) is 8.93. The number of methoxy groups -OCH3 is 1. The van der Waals surface area contributed by atoms with Gasteiger partial charge in [0.05, 0.1) is 35.7 Å². The van der Waals surface area contributed by atoms with E-state index in [0.29, 0.717) is 28.5 Å². The van der Waals surface area contributed by atoms with E-state index in [0.717, 1.165) is 23.5 Å². The number of aromatic nitrogens is 1. The minimum absolute atomic E-state index is 0.226. The molecule has 7 nitrogen and oxygen atoms in total. The predicted molar refractivity (Wildman–Crippen MR) is 115 cm³/mol. The van der Waals surface area contributed by atoms with Crippen LogP contribution in [0.2, 0.25) is 0 Å². The first-order valence-electron chi connectivity index (χ1n) is 10.2. The Morgan fingerprint density at radius 1 is 1.27 bits per heavy atom. The molecular formula is C23H25N5O2. The van der Waals surface area contributed by atoms with Crippen molar-refractivity contribution in [1.82, 2.24) is 4.98 Å². The van der Waals surface area contributed by atoms with Crippen LogP contribution in [0.4, 0.5) is 5.82 Å². The van der Waals surface area contributed by atoms with Crippen molar-refractivity contribution in [2.24, 2.45) is 16.8 Å². The first-order chi connectivity index (χ1) is 14.5. The van der Waals surface area contributed by atoms with E-state index < -0.39 is 5.91 Å². The lowest BCUT2D eigenvalue weighted by Crippen LogP contribution is -2.33. The van der Waals surface area contributed by atoms with Gasteiger partial charge < -0.3 is 10.5 Å². The van der Waals surface area contributed by atoms with Gasteiger partial charge in [-0.25, -0.2) is 9.99 Å². The summed E-state index contributed by atoms with van der Waals surface area (Å²) in [6.45, 7) is 1.85. The van der Waals surface area contributed by atoms with Crippen LogP contribution >= 0.6 is 0 Å². The summed E-state index contributed by atoms with van der Waals surface area (Å²) in [5.74, 6) is 1.25. The van der Waals surface area contributed by atoms with E-state index >= 15 is 0 Å². The lowest BCUT2D eigenvalue weighted by Gasteiger charge is -2.27. The third-order valence-corrected chi connectivity index (χ3v) is 6.12. The van der Waals surface area contributed by atoms with Crippen molar-refractivity contribution >= 4 is 17.4 Å². The lowest BCUT2D eigenvalue weighted by molar-refractivity contribution is 0.0997. The van der Waals surface area contributed by atoms with Gasteiger partial charge in [0.2, 0.25) is 0 Å². The van der Waals surface area contributed by atoms with Crippen molar-refractivity contribution in [2.75, 3.05) is 12.1 Å². The maximum absolute atomic E-state index is 11.6. The van der Waals surface area contributed by atoms with Crippen LogP contribution in [0.5, 0.6) is 5.75 Å². The highest BCUT2D eigenvalue weighted by Gasteiger charge is 2.37. The molecule has 0 bridgehead atoms. The van der Waals surface area contributed by atoms with Crippen molar-refractivity contribution < 1.29 is 9.53 Å². The maximum Gasteiger partial charge on any atom is 0.252 e. The first kappa shape index (κ1) is 19.9. The van der Waals surface area contributed by atoms with Gasteiger partial charge in [-0.05, 0) is 49.9 Å². The van der Waals surface area contributed by atoms with Crippen LogP contribution in [0, 0.1) is 24.2 Å². The lowest BCUT2D eigenvalue weighted by atomic mass is 9.92. The Labute approximate surface area is 176 Å². The van der Waals surface area contributed by atoms with E-state index in [1.165, 1.54) is 32.8 Å². The molecule has 1 atom stereocenters. The van der Waals surface area contributed by atoms with Crippen molar-refractivity contribution in [3.63, 3.8) is 0 Å². The third-order valence-electron chi connectivity index (χ3n) is 6.12. The van der Waals surface area contributed by atoms with Gasteiger partial charge in [0.25, 0.3) is 5.91 Å². The molecule has 7 heteroatoms. The number of nitriles is 1. The zero-order valence-corrected chi connectivity index (χ0v) is 17.3. The second-order valence-electron chi connectivity index (χ2n) is 7.90. The zero-order valence-electron chi connectivity index (χ0n) is 17.3. The van der Waals surface area contributed by atoms with Crippen LogP contribution in [0.1, 0.15) is 59.3 Å². The van der Waals surface area contributed by atoms with E-state index in [4.69, 9.17) is 15.6 Å². The number of ether oxygens (including phenoxy) is 1. The molecule has 1 aliphatic heterocycles. The fourth-order valence-electron chi connectivity index (χ4n) is 4.50. The molecule has 0 radical (unpaired) electrons. The number of primary amides is 1. The molecule has 1 saturated carbocycles. The molecule has 0 spiro atoms. The number of anilines is 1. The first-order valence-corrected chi connectivity index (χ1v) is 10.2. The summed E-state index contributed by atoms with van der Waals surface area (Å²) < 4.78 is 5.37. The Balaban J connectivity index is 1.72. The average Bonchev–Trinajstić information content (AvgIpc) is 3.43. The molecule has 2 N–H and O–H groups in total. The average molecular weight is 403 g/mol. The maximum atomic E-state index is 11.6. The van der Waals surface area contributed by atoms with Gasteiger partial charge >= 0.3 is 0 Å². The summed E-state index contributed by atoms with van der Waals surface area (Å²) in [6.07, 6.45) is 5.65. The van der Waals surface area contributed by atoms with Gasteiger partial charge in [-0.15, -0.1) is 0 Å². The van der Waals surface area contributed by atoms with E-state index in [2.05, 4.69) is 11.1 Å². The minimum atomic E-state index is -0.519. The number of hydrogen-bond donors (Lipinski definition) is 1. The van der Waals surface area contributed by atoms with Crippen LogP contribution in [0.3, 0.4) is 0 Å². The Hall–Kier alpha value is -3.40. The zero-order chi connectivity index (χ0) is 21.3. The largest absolute Gasteiger partial charge is 0.496 e. The van der Waals surface area contributed by atoms with E-state index in [1.807, 2.05) is 36.2 Å². The van der Waals surface area contributed by atoms with Crippen LogP contribution in [0.15, 0.2) is 35.4 Å². The molecule has 1 aromatic carbocycles. The summed E-state index contributed by atoms with van der Waals surface area (Å²) in [6, 6.07) is 11.5. The predicted octanol–water partition coefficient (Wildman–Crippen LogP) is 3.54. The second-order valence-corrected chi connectivity index (χ2v) is 7.90. The molecule has 4 rings (SSSR count). The number of pyridine rings is 1. The highest BCUT2D eigenvalue weighted by molar-refractivity contribution is 6.05. The Morgan fingerprint density at radius 2 is 2.03 bits per heavy atom. The van der Waals surface area contributed by atoms with Gasteiger partial charge in [0.15, 0.2) is 0 Å². The number of carbonyl (C=O) groups excluding carboxylic acids is 1. The summed E-state index contributed by atoms with van der Waals surface area (Å²) >= 11 is 0. The fourth-order valence-corrected chi connectivity index (χ4v) is 4.50. The van der Waals surface area contributed by atoms with Gasteiger partial charge in [-0.3, -0.25) is 4.79 Å². The Bertz CT molecular complexity index is 1050. The monoisotopic (exact) mass is 403 g/mol. The normalized spacial score (nSPS) is 18.9. The number of benzene rings is 1. The van der Waals surface area contributed by atoms with Crippen LogP contribution in [-0.4, -0.2) is 29.8 Å². The van der Waals surface area contributed by atoms with Crippen LogP contribution in [-0.2, 0) is 0 Å². The number of nitrogens with zero attached hydrogens (tertiary/aromatic N) is 4. The molecule has 0 saturated heterocycles. The van der Waals surface area contributed by atoms with Crippen LogP contribution in [0.25, 0.3) is 0 Å². The number of carbonyl (C=O) groups is 1. The van der Waals surface area contributed by atoms with Gasteiger partial charge in [0, 0.05) is 12.0 Å². The number of aryl methyl sites for hydroxylation is 1. The number of nitrogens with two attached hydrogens (primary N) is 1. The van der Waals surface area contributed by atoms with Gasteiger partial charge in [0.1, 0.15) is 17.6 Å². The molecule has 2 aromatic rings. The third kappa shape index (κ3) is 3.61. The smallest absolute Gasteiger partial charge is 0.252 e. The van der Waals surface area contributed by atoms with E-state index in [1.54, 1.807) is 6.07 Å². The van der Waals surface area contributed by atoms with E-state index in [9.17, 15) is 10.1 Å². The van der Waals surface area contributed by atoms with Gasteiger partial charge in [-0.2, -0.15) is 10.4 Å². The second kappa shape index (κ2) is 8.15. The standard InChI is InChI=1S/C23H25N5O2/c1-14-17(13-24)8-10-22(26-14)28-20(15-5-3-4-6-15)12-19(27-28)16-7-9-18(23(25)29)21(11-16)30-2/h7-11,15,20H,3-6,12H2,1-2H3,(H2,25,29). The summed E-state index contributed by atoms with van der Waals surface area (Å²) in [5, 5.41) is 16.2. The molecule has 2 heterocycles. The van der Waals surface area contributed by atoms with E-state index in [-0.39, 0.29) is 6.04 Å². The highest BCUT2D eigenvalue weighted by Crippen LogP contribution is 2.38. The fraction of sp³-hybridized carbons (Fsp3) is 0.391. The number of hydrogen-bond acceptors (Lipinski definition) is 6. The van der Waals surface area contributed by atoms with Crippen molar-refractivity contribution in [3.05, 3.63) is 52.7 Å². The molecule has 1 amide bonds. The van der Waals surface area contributed by atoms with Crippen molar-refractivity contribution in [1.29, 1.82) is 5.26 Å². The number of rotatable bonds is 5. The number of amides is 1. The SMILES string of the molecule is COc1cc(C2=NN(c3ccc(C#N)c(C)n3)C(C3CCCC3)C2)ccc1C(N)=O. The van der Waals surface area contributed by atoms with Crippen LogP contribution < -0.4 is 15.5 Å². The number of hydrazone groups is 1. The summed E-state index contributed by atoms with van der Waals surface area (Å²) in [7, 11) is 1.53. The molecule has 1 aliphatic carbocycles. The minimum Gasteiger partial charge on any atom is -0.496 e. The van der Waals surface area contributed by atoms with Gasteiger partial charge in [-0.1, -0.05) is 18.9 Å². The molecule has 1 fully saturated rings. The highest BCUT2D eigenvalue weighted by atomic mass is 16.5. The molecule has 30 heavy (non-hydrogen) atoms.